The van der Waals surface area contributed by atoms with Crippen LogP contribution in [0.25, 0.3) is 11.3 Å². The zero-order valence-corrected chi connectivity index (χ0v) is 20.4. The van der Waals surface area contributed by atoms with E-state index in [1.165, 1.54) is 23.1 Å². The summed E-state index contributed by atoms with van der Waals surface area (Å²) < 4.78 is 19.7. The molecule has 194 valence electrons. The minimum Gasteiger partial charge on any atom is -0.465 e. The second-order valence-corrected chi connectivity index (χ2v) is 8.60. The molecule has 0 radical (unpaired) electrons. The van der Waals surface area contributed by atoms with E-state index in [4.69, 9.17) is 10.6 Å². The third kappa shape index (κ3) is 5.22. The van der Waals surface area contributed by atoms with E-state index in [0.717, 1.165) is 23.7 Å². The number of carbonyl (C=O) groups is 3. The van der Waals surface area contributed by atoms with Crippen molar-refractivity contribution in [1.29, 1.82) is 0 Å². The Hall–Kier alpha value is -4.48. The van der Waals surface area contributed by atoms with Crippen LogP contribution in [0.5, 0.6) is 0 Å². The number of likely N-dealkylation sites (tertiary alicyclic amines) is 1. The van der Waals surface area contributed by atoms with Gasteiger partial charge in [-0.2, -0.15) is 0 Å². The van der Waals surface area contributed by atoms with Crippen LogP contribution in [-0.2, 0) is 4.74 Å². The number of benzene rings is 1. The summed E-state index contributed by atoms with van der Waals surface area (Å²) >= 11 is 0. The summed E-state index contributed by atoms with van der Waals surface area (Å²) in [4.78, 5) is 47.0. The van der Waals surface area contributed by atoms with Gasteiger partial charge in [-0.1, -0.05) is 12.1 Å². The Balaban J connectivity index is 1.67. The number of carbonyl (C=O) groups excluding carboxylic acids is 2. The summed E-state index contributed by atoms with van der Waals surface area (Å²) in [5, 5.41) is 12.3. The third-order valence-corrected chi connectivity index (χ3v) is 6.16. The van der Waals surface area contributed by atoms with Crippen LogP contribution in [0.1, 0.15) is 64.5 Å². The molecule has 1 atom stereocenters. The summed E-state index contributed by atoms with van der Waals surface area (Å²) in [5.41, 5.74) is 1.32. The number of imidazole rings is 1. The Morgan fingerprint density at radius 3 is 2.62 bits per heavy atom. The van der Waals surface area contributed by atoms with Crippen LogP contribution >= 0.6 is 0 Å². The van der Waals surface area contributed by atoms with Gasteiger partial charge in [0, 0.05) is 17.7 Å². The van der Waals surface area contributed by atoms with Gasteiger partial charge in [-0.05, 0) is 56.9 Å². The standard InChI is InChI=1S/C25H27FN6O5/c1-3-37-24(34)21-20(30-22(32(21)27)18-6-4-5-11-31(18)25(35)36)15-7-9-16(10-8-15)23(33)29-19-12-14(2)17(26)13-28-19/h7-10,12-13,18H,3-6,11,27H2,1-2H3,(H,35,36)(H,28,29,33)/t18-/m0/s1. The fraction of sp³-hybridized carbons (Fsp3) is 0.320. The highest BCUT2D eigenvalue weighted by molar-refractivity contribution is 6.04. The van der Waals surface area contributed by atoms with Gasteiger partial charge in [-0.3, -0.25) is 9.69 Å². The minimum absolute atomic E-state index is 0.0176. The Morgan fingerprint density at radius 2 is 1.97 bits per heavy atom. The van der Waals surface area contributed by atoms with Crippen LogP contribution in [0.15, 0.2) is 36.5 Å². The summed E-state index contributed by atoms with van der Waals surface area (Å²) in [6.45, 7) is 3.67. The molecule has 3 heterocycles. The van der Waals surface area contributed by atoms with E-state index in [2.05, 4.69) is 15.3 Å². The lowest BCUT2D eigenvalue weighted by atomic mass is 10.0. The van der Waals surface area contributed by atoms with E-state index < -0.39 is 29.8 Å². The maximum atomic E-state index is 13.5. The molecule has 0 bridgehead atoms. The van der Waals surface area contributed by atoms with Crippen LogP contribution in [-0.4, -0.2) is 55.8 Å². The molecule has 1 aliphatic rings. The van der Waals surface area contributed by atoms with E-state index in [-0.39, 0.29) is 29.6 Å². The predicted octanol–water partition coefficient (Wildman–Crippen LogP) is 3.74. The predicted molar refractivity (Wildman–Crippen MR) is 132 cm³/mol. The molecule has 0 unspecified atom stereocenters. The first-order valence-electron chi connectivity index (χ1n) is 11.8. The molecule has 0 saturated carbocycles. The highest BCUT2D eigenvalue weighted by Crippen LogP contribution is 2.34. The molecule has 3 aromatic rings. The molecule has 11 nitrogen and oxygen atoms in total. The number of aromatic nitrogens is 3. The van der Waals surface area contributed by atoms with Crippen molar-refractivity contribution in [3.8, 4) is 11.3 Å². The number of piperidine rings is 1. The van der Waals surface area contributed by atoms with Crippen molar-refractivity contribution in [2.75, 3.05) is 24.3 Å². The fourth-order valence-electron chi connectivity index (χ4n) is 4.29. The highest BCUT2D eigenvalue weighted by atomic mass is 19.1. The molecule has 1 aliphatic heterocycles. The van der Waals surface area contributed by atoms with Crippen LogP contribution in [0.3, 0.4) is 0 Å². The number of rotatable bonds is 6. The van der Waals surface area contributed by atoms with Crippen molar-refractivity contribution in [3.05, 3.63) is 65.0 Å². The third-order valence-electron chi connectivity index (χ3n) is 6.16. The Morgan fingerprint density at radius 1 is 1.24 bits per heavy atom. The van der Waals surface area contributed by atoms with E-state index in [1.54, 1.807) is 26.0 Å². The zero-order valence-electron chi connectivity index (χ0n) is 20.4. The van der Waals surface area contributed by atoms with Crippen LogP contribution in [0, 0.1) is 12.7 Å². The summed E-state index contributed by atoms with van der Waals surface area (Å²) in [6.07, 6.45) is 1.97. The number of hydrogen-bond donors (Lipinski definition) is 3. The fourth-order valence-corrected chi connectivity index (χ4v) is 4.29. The van der Waals surface area contributed by atoms with Gasteiger partial charge in [-0.25, -0.2) is 28.6 Å². The van der Waals surface area contributed by atoms with E-state index in [0.29, 0.717) is 29.7 Å². The highest BCUT2D eigenvalue weighted by Gasteiger charge is 2.34. The van der Waals surface area contributed by atoms with Gasteiger partial charge >= 0.3 is 12.1 Å². The van der Waals surface area contributed by atoms with Crippen molar-refractivity contribution in [2.45, 2.75) is 39.2 Å². The SMILES string of the molecule is CCOC(=O)c1c(-c2ccc(C(=O)Nc3cc(C)c(F)cn3)cc2)nc([C@@H]2CCCCN2C(=O)O)n1N. The number of anilines is 1. The Bertz CT molecular complexity index is 1340. The Kier molecular flexibility index (Phi) is 7.37. The molecule has 4 N–H and O–H groups in total. The average molecular weight is 511 g/mol. The molecule has 0 spiro atoms. The normalized spacial score (nSPS) is 15.3. The Labute approximate surface area is 212 Å². The lowest BCUT2D eigenvalue weighted by Crippen LogP contribution is -2.39. The lowest BCUT2D eigenvalue weighted by Gasteiger charge is -2.32. The van der Waals surface area contributed by atoms with Gasteiger partial charge in [0.05, 0.1) is 18.8 Å². The topological polar surface area (TPSA) is 153 Å². The smallest absolute Gasteiger partial charge is 0.407 e. The summed E-state index contributed by atoms with van der Waals surface area (Å²) in [7, 11) is 0. The van der Waals surface area contributed by atoms with Crippen molar-refractivity contribution in [3.63, 3.8) is 0 Å². The second-order valence-electron chi connectivity index (χ2n) is 8.60. The van der Waals surface area contributed by atoms with Crippen molar-refractivity contribution < 1.29 is 28.6 Å². The number of nitrogens with two attached hydrogens (primary N) is 1. The van der Waals surface area contributed by atoms with Crippen molar-refractivity contribution >= 4 is 23.8 Å². The van der Waals surface area contributed by atoms with Crippen LogP contribution in [0.4, 0.5) is 15.0 Å². The number of carboxylic acid groups (broad SMARTS) is 1. The largest absolute Gasteiger partial charge is 0.465 e. The molecule has 2 amide bonds. The number of nitrogen functional groups attached to an aromatic ring is 1. The number of ether oxygens (including phenoxy) is 1. The maximum absolute atomic E-state index is 13.5. The molecule has 4 rings (SSSR count). The zero-order chi connectivity index (χ0) is 26.7. The number of esters is 1. The number of amides is 2. The summed E-state index contributed by atoms with van der Waals surface area (Å²) in [6, 6.07) is 7.08. The van der Waals surface area contributed by atoms with Crippen molar-refractivity contribution in [2.24, 2.45) is 0 Å². The first kappa shape index (κ1) is 25.6. The number of halogens is 1. The molecular weight excluding hydrogens is 483 g/mol. The minimum atomic E-state index is -1.09. The van der Waals surface area contributed by atoms with Crippen LogP contribution in [0.2, 0.25) is 0 Å². The number of hydrogen-bond acceptors (Lipinski definition) is 7. The van der Waals surface area contributed by atoms with Gasteiger partial charge in [-0.15, -0.1) is 0 Å². The molecule has 0 aliphatic carbocycles. The van der Waals surface area contributed by atoms with E-state index >= 15 is 0 Å². The van der Waals surface area contributed by atoms with Gasteiger partial charge in [0.15, 0.2) is 11.5 Å². The number of nitrogens with zero attached hydrogens (tertiary/aromatic N) is 4. The van der Waals surface area contributed by atoms with Crippen molar-refractivity contribution in [1.82, 2.24) is 19.5 Å². The molecule has 1 saturated heterocycles. The monoisotopic (exact) mass is 510 g/mol. The number of aryl methyl sites for hydroxylation is 1. The quantitative estimate of drug-likeness (QED) is 0.335. The first-order valence-corrected chi connectivity index (χ1v) is 11.8. The molecule has 37 heavy (non-hydrogen) atoms. The van der Waals surface area contributed by atoms with E-state index in [1.807, 2.05) is 0 Å². The van der Waals surface area contributed by atoms with Crippen LogP contribution < -0.4 is 11.2 Å². The van der Waals surface area contributed by atoms with Gasteiger partial charge < -0.3 is 21.0 Å². The average Bonchev–Trinajstić information content (AvgIpc) is 3.23. The number of pyridine rings is 1. The van der Waals surface area contributed by atoms with Gasteiger partial charge in [0.25, 0.3) is 5.91 Å². The maximum Gasteiger partial charge on any atom is 0.407 e. The summed E-state index contributed by atoms with van der Waals surface area (Å²) in [5.74, 6) is 5.10. The first-order chi connectivity index (χ1) is 17.7. The number of nitrogens with one attached hydrogen (secondary N) is 1. The molecule has 1 fully saturated rings. The molecule has 12 heteroatoms. The lowest BCUT2D eigenvalue weighted by molar-refractivity contribution is 0.0516. The molecule has 2 aromatic heterocycles. The molecule has 1 aromatic carbocycles. The van der Waals surface area contributed by atoms with Gasteiger partial charge in [0.2, 0.25) is 0 Å². The van der Waals surface area contributed by atoms with Gasteiger partial charge in [0.1, 0.15) is 17.3 Å². The van der Waals surface area contributed by atoms with E-state index in [9.17, 15) is 23.9 Å². The second kappa shape index (κ2) is 10.6. The molecular formula is C25H27FN6O5.